The Morgan fingerprint density at radius 3 is 2.29 bits per heavy atom. The number of aryl methyl sites for hydroxylation is 1. The van der Waals surface area contributed by atoms with Gasteiger partial charge in [0.1, 0.15) is 6.10 Å². The molecule has 2 unspecified atom stereocenters. The van der Waals surface area contributed by atoms with Gasteiger partial charge in [-0.25, -0.2) is 9.97 Å². The summed E-state index contributed by atoms with van der Waals surface area (Å²) in [4.78, 5) is 8.74. The summed E-state index contributed by atoms with van der Waals surface area (Å²) in [6.07, 6.45) is 0.990. The number of rotatable bonds is 3. The molecule has 1 aromatic rings. The van der Waals surface area contributed by atoms with Crippen molar-refractivity contribution in [2.75, 3.05) is 7.11 Å². The smallest absolute Gasteiger partial charge is 0.157 e. The molecule has 0 fully saturated rings. The Morgan fingerprint density at radius 2 is 1.94 bits per heavy atom. The van der Waals surface area contributed by atoms with Crippen molar-refractivity contribution in [2.45, 2.75) is 46.8 Å². The number of ether oxygens (including phenoxy) is 1. The molecule has 1 aromatic heterocycles. The molecule has 1 rings (SSSR count). The lowest BCUT2D eigenvalue weighted by Gasteiger charge is -2.28. The number of aliphatic hydroxyl groups is 1. The van der Waals surface area contributed by atoms with Crippen LogP contribution >= 0.6 is 0 Å². The Kier molecular flexibility index (Phi) is 4.22. The van der Waals surface area contributed by atoms with Crippen LogP contribution in [0.15, 0.2) is 6.20 Å². The van der Waals surface area contributed by atoms with Gasteiger partial charge in [-0.1, -0.05) is 20.8 Å². The average molecular weight is 238 g/mol. The minimum absolute atomic E-state index is 0.0620. The van der Waals surface area contributed by atoms with Crippen LogP contribution < -0.4 is 0 Å². The van der Waals surface area contributed by atoms with Crippen LogP contribution in [0.4, 0.5) is 0 Å². The molecule has 0 aliphatic rings. The molecule has 0 aliphatic heterocycles. The molecule has 96 valence electrons. The summed E-state index contributed by atoms with van der Waals surface area (Å²) in [6.45, 7) is 9.85. The fourth-order valence-corrected chi connectivity index (χ4v) is 1.88. The number of methoxy groups -OCH3 is 1. The van der Waals surface area contributed by atoms with Gasteiger partial charge in [-0.05, 0) is 19.3 Å². The molecule has 0 aromatic carbocycles. The third kappa shape index (κ3) is 3.23. The van der Waals surface area contributed by atoms with Crippen molar-refractivity contribution in [3.05, 3.63) is 23.3 Å². The molecule has 4 heteroatoms. The first kappa shape index (κ1) is 14.1. The maximum Gasteiger partial charge on any atom is 0.157 e. The minimum Gasteiger partial charge on any atom is -0.389 e. The second-order valence-electron chi connectivity index (χ2n) is 5.43. The molecule has 4 nitrogen and oxygen atoms in total. The molecule has 0 amide bonds. The first-order valence-electron chi connectivity index (χ1n) is 5.81. The Balaban J connectivity index is 3.12. The van der Waals surface area contributed by atoms with E-state index in [0.717, 1.165) is 11.3 Å². The van der Waals surface area contributed by atoms with E-state index in [-0.39, 0.29) is 11.5 Å². The quantitative estimate of drug-likeness (QED) is 0.879. The minimum atomic E-state index is -0.542. The molecule has 0 aliphatic carbocycles. The van der Waals surface area contributed by atoms with Crippen molar-refractivity contribution in [3.8, 4) is 0 Å². The number of aliphatic hydroxyl groups excluding tert-OH is 1. The second-order valence-corrected chi connectivity index (χ2v) is 5.43. The van der Waals surface area contributed by atoms with Gasteiger partial charge in [-0.15, -0.1) is 0 Å². The van der Waals surface area contributed by atoms with Crippen LogP contribution in [0.1, 0.15) is 57.0 Å². The van der Waals surface area contributed by atoms with E-state index < -0.39 is 6.10 Å². The summed E-state index contributed by atoms with van der Waals surface area (Å²) >= 11 is 0. The monoisotopic (exact) mass is 238 g/mol. The topological polar surface area (TPSA) is 55.2 Å². The van der Waals surface area contributed by atoms with Gasteiger partial charge in [-0.2, -0.15) is 0 Å². The predicted molar refractivity (Wildman–Crippen MR) is 66.6 cm³/mol. The van der Waals surface area contributed by atoms with E-state index in [1.165, 1.54) is 0 Å². The Morgan fingerprint density at radius 1 is 1.35 bits per heavy atom. The van der Waals surface area contributed by atoms with Crippen molar-refractivity contribution in [1.29, 1.82) is 0 Å². The fourth-order valence-electron chi connectivity index (χ4n) is 1.88. The van der Waals surface area contributed by atoms with Crippen LogP contribution in [0.5, 0.6) is 0 Å². The standard InChI is InChI=1S/C13H22N2O2/c1-8-10(9(2)16)7-14-12(15-8)11(17-6)13(3,4)5/h7,9,11,16H,1-6H3. The molecular formula is C13H22N2O2. The van der Waals surface area contributed by atoms with Gasteiger partial charge in [0.25, 0.3) is 0 Å². The highest BCUT2D eigenvalue weighted by atomic mass is 16.5. The fraction of sp³-hybridized carbons (Fsp3) is 0.692. The van der Waals surface area contributed by atoms with E-state index in [9.17, 15) is 5.11 Å². The Labute approximate surface area is 103 Å². The Bertz CT molecular complexity index is 383. The Hall–Kier alpha value is -1.00. The van der Waals surface area contributed by atoms with Crippen molar-refractivity contribution >= 4 is 0 Å². The van der Waals surface area contributed by atoms with Crippen LogP contribution in [0.3, 0.4) is 0 Å². The molecule has 0 saturated carbocycles. The second kappa shape index (κ2) is 5.10. The van der Waals surface area contributed by atoms with Crippen LogP contribution in [0, 0.1) is 12.3 Å². The van der Waals surface area contributed by atoms with E-state index in [2.05, 4.69) is 30.7 Å². The zero-order chi connectivity index (χ0) is 13.2. The highest BCUT2D eigenvalue weighted by Gasteiger charge is 2.29. The lowest BCUT2D eigenvalue weighted by atomic mass is 9.88. The predicted octanol–water partition coefficient (Wildman–Crippen LogP) is 2.57. The van der Waals surface area contributed by atoms with Gasteiger partial charge in [0, 0.05) is 24.6 Å². The van der Waals surface area contributed by atoms with Gasteiger partial charge < -0.3 is 9.84 Å². The number of hydrogen-bond donors (Lipinski definition) is 1. The van der Waals surface area contributed by atoms with E-state index in [1.54, 1.807) is 20.2 Å². The number of nitrogens with zero attached hydrogens (tertiary/aromatic N) is 2. The van der Waals surface area contributed by atoms with Crippen LogP contribution in [0.2, 0.25) is 0 Å². The van der Waals surface area contributed by atoms with E-state index in [0.29, 0.717) is 5.82 Å². The lowest BCUT2D eigenvalue weighted by molar-refractivity contribution is 0.00841. The van der Waals surface area contributed by atoms with Gasteiger partial charge in [0.2, 0.25) is 0 Å². The first-order valence-corrected chi connectivity index (χ1v) is 5.81. The summed E-state index contributed by atoms with van der Waals surface area (Å²) in [7, 11) is 1.66. The molecule has 0 spiro atoms. The third-order valence-corrected chi connectivity index (χ3v) is 2.74. The van der Waals surface area contributed by atoms with Crippen LogP contribution in [-0.4, -0.2) is 22.2 Å². The molecule has 1 N–H and O–H groups in total. The molecule has 1 heterocycles. The SMILES string of the molecule is COC(c1ncc(C(C)O)c(C)n1)C(C)(C)C. The van der Waals surface area contributed by atoms with E-state index >= 15 is 0 Å². The third-order valence-electron chi connectivity index (χ3n) is 2.74. The van der Waals surface area contributed by atoms with Crippen LogP contribution in [-0.2, 0) is 4.74 Å². The van der Waals surface area contributed by atoms with Crippen molar-refractivity contribution in [2.24, 2.45) is 5.41 Å². The average Bonchev–Trinajstić information content (AvgIpc) is 2.15. The molecule has 2 atom stereocenters. The molecule has 0 saturated heterocycles. The molecule has 17 heavy (non-hydrogen) atoms. The first-order chi connectivity index (χ1) is 7.77. The van der Waals surface area contributed by atoms with Gasteiger partial charge >= 0.3 is 0 Å². The maximum absolute atomic E-state index is 9.54. The van der Waals surface area contributed by atoms with Crippen molar-refractivity contribution in [3.63, 3.8) is 0 Å². The van der Waals surface area contributed by atoms with Gasteiger partial charge in [-0.3, -0.25) is 0 Å². The summed E-state index contributed by atoms with van der Waals surface area (Å²) in [5.74, 6) is 0.668. The highest BCUT2D eigenvalue weighted by molar-refractivity contribution is 5.19. The van der Waals surface area contributed by atoms with E-state index in [1.807, 2.05) is 6.92 Å². The maximum atomic E-state index is 9.54. The summed E-state index contributed by atoms with van der Waals surface area (Å²) in [5.41, 5.74) is 1.50. The zero-order valence-corrected chi connectivity index (χ0v) is 11.5. The van der Waals surface area contributed by atoms with Gasteiger partial charge in [0.15, 0.2) is 5.82 Å². The molecule has 0 bridgehead atoms. The summed E-state index contributed by atoms with van der Waals surface area (Å²) in [5, 5.41) is 9.54. The summed E-state index contributed by atoms with van der Waals surface area (Å²) in [6, 6.07) is 0. The van der Waals surface area contributed by atoms with Gasteiger partial charge in [0.05, 0.1) is 6.10 Å². The largest absolute Gasteiger partial charge is 0.389 e. The molecular weight excluding hydrogens is 216 g/mol. The van der Waals surface area contributed by atoms with E-state index in [4.69, 9.17) is 4.74 Å². The van der Waals surface area contributed by atoms with Crippen LogP contribution in [0.25, 0.3) is 0 Å². The summed E-state index contributed by atoms with van der Waals surface area (Å²) < 4.78 is 5.47. The number of aromatic nitrogens is 2. The number of hydrogen-bond acceptors (Lipinski definition) is 4. The molecule has 0 radical (unpaired) electrons. The van der Waals surface area contributed by atoms with Crippen molar-refractivity contribution < 1.29 is 9.84 Å². The zero-order valence-electron chi connectivity index (χ0n) is 11.5. The van der Waals surface area contributed by atoms with Crippen molar-refractivity contribution in [1.82, 2.24) is 9.97 Å². The normalized spacial score (nSPS) is 15.7. The highest BCUT2D eigenvalue weighted by Crippen LogP contribution is 2.33. The lowest BCUT2D eigenvalue weighted by Crippen LogP contribution is -2.23.